The van der Waals surface area contributed by atoms with Crippen LogP contribution in [-0.2, 0) is 10.3 Å². The van der Waals surface area contributed by atoms with Crippen LogP contribution in [0.1, 0.15) is 19.4 Å². The van der Waals surface area contributed by atoms with E-state index in [0.717, 1.165) is 5.56 Å². The largest absolute Gasteiger partial charge is 0.304 e. The van der Waals surface area contributed by atoms with Crippen molar-refractivity contribution in [3.05, 3.63) is 33.8 Å². The first-order valence-corrected chi connectivity index (χ1v) is 4.99. The molecule has 2 N–H and O–H groups in total. The van der Waals surface area contributed by atoms with Crippen molar-refractivity contribution >= 4 is 23.2 Å². The van der Waals surface area contributed by atoms with E-state index in [9.17, 15) is 0 Å². The highest BCUT2D eigenvalue weighted by atomic mass is 35.5. The summed E-state index contributed by atoms with van der Waals surface area (Å²) in [6, 6.07) is 5.44. The van der Waals surface area contributed by atoms with E-state index < -0.39 is 0 Å². The zero-order chi connectivity index (χ0) is 10.8. The molecule has 1 aromatic rings. The lowest BCUT2D eigenvalue weighted by Crippen LogP contribution is -2.26. The fourth-order valence-corrected chi connectivity index (χ4v) is 1.76. The number of hydrogen-bond donors (Lipinski definition) is 1. The molecule has 0 heterocycles. The van der Waals surface area contributed by atoms with E-state index in [0.29, 0.717) is 16.7 Å². The molecule has 0 saturated heterocycles. The minimum atomic E-state index is -0.191. The SMILES string of the molecule is CC(C)(CON)c1cc(Cl)cc(Cl)c1. The molecule has 0 saturated carbocycles. The lowest BCUT2D eigenvalue weighted by molar-refractivity contribution is 0.0964. The quantitative estimate of drug-likeness (QED) is 0.815. The van der Waals surface area contributed by atoms with Crippen LogP contribution >= 0.6 is 23.2 Å². The van der Waals surface area contributed by atoms with Gasteiger partial charge >= 0.3 is 0 Å². The van der Waals surface area contributed by atoms with Crippen LogP contribution in [0.2, 0.25) is 10.0 Å². The lowest BCUT2D eigenvalue weighted by Gasteiger charge is -2.24. The Morgan fingerprint density at radius 2 is 1.71 bits per heavy atom. The van der Waals surface area contributed by atoms with Gasteiger partial charge in [0.1, 0.15) is 0 Å². The van der Waals surface area contributed by atoms with Gasteiger partial charge in [-0.1, -0.05) is 37.0 Å². The van der Waals surface area contributed by atoms with Gasteiger partial charge in [-0.25, -0.2) is 5.90 Å². The van der Waals surface area contributed by atoms with Gasteiger partial charge < -0.3 is 4.84 Å². The third-order valence-electron chi connectivity index (χ3n) is 2.09. The monoisotopic (exact) mass is 233 g/mol. The van der Waals surface area contributed by atoms with Crippen molar-refractivity contribution < 1.29 is 4.84 Å². The van der Waals surface area contributed by atoms with Crippen LogP contribution in [0.4, 0.5) is 0 Å². The maximum Gasteiger partial charge on any atom is 0.0770 e. The molecule has 4 heteroatoms. The second-order valence-electron chi connectivity index (χ2n) is 3.85. The minimum Gasteiger partial charge on any atom is -0.304 e. The van der Waals surface area contributed by atoms with Crippen molar-refractivity contribution in [3.8, 4) is 0 Å². The van der Waals surface area contributed by atoms with E-state index in [2.05, 4.69) is 4.84 Å². The maximum atomic E-state index is 5.90. The molecule has 0 bridgehead atoms. The molecule has 0 fully saturated rings. The standard InChI is InChI=1S/C10H13Cl2NO/c1-10(2,6-14-13)7-3-8(11)5-9(12)4-7/h3-5H,6,13H2,1-2H3. The molecule has 0 radical (unpaired) electrons. The Hall–Kier alpha value is -0.280. The molecule has 0 aliphatic heterocycles. The number of hydrogen-bond acceptors (Lipinski definition) is 2. The summed E-state index contributed by atoms with van der Waals surface area (Å²) in [5.74, 6) is 5.06. The number of rotatable bonds is 3. The second-order valence-corrected chi connectivity index (χ2v) is 4.73. The molecule has 0 unspecified atom stereocenters. The maximum absolute atomic E-state index is 5.90. The van der Waals surface area contributed by atoms with Crippen LogP contribution in [0.5, 0.6) is 0 Å². The molecule has 0 atom stereocenters. The van der Waals surface area contributed by atoms with Gasteiger partial charge in [-0.2, -0.15) is 0 Å². The number of halogens is 2. The first-order valence-electron chi connectivity index (χ1n) is 4.24. The van der Waals surface area contributed by atoms with Gasteiger partial charge in [-0.05, 0) is 23.8 Å². The van der Waals surface area contributed by atoms with Crippen LogP contribution in [-0.4, -0.2) is 6.61 Å². The van der Waals surface area contributed by atoms with Gasteiger partial charge in [0.05, 0.1) is 6.61 Å². The van der Waals surface area contributed by atoms with Crippen molar-refractivity contribution in [1.29, 1.82) is 0 Å². The summed E-state index contributed by atoms with van der Waals surface area (Å²) in [6.07, 6.45) is 0. The van der Waals surface area contributed by atoms with Crippen molar-refractivity contribution in [3.63, 3.8) is 0 Å². The van der Waals surface area contributed by atoms with Crippen molar-refractivity contribution in [2.45, 2.75) is 19.3 Å². The third-order valence-corrected chi connectivity index (χ3v) is 2.52. The summed E-state index contributed by atoms with van der Waals surface area (Å²) >= 11 is 11.8. The highest BCUT2D eigenvalue weighted by Gasteiger charge is 2.21. The third kappa shape index (κ3) is 2.85. The van der Waals surface area contributed by atoms with E-state index in [-0.39, 0.29) is 5.41 Å². The van der Waals surface area contributed by atoms with Crippen molar-refractivity contribution in [2.24, 2.45) is 5.90 Å². The van der Waals surface area contributed by atoms with Crippen LogP contribution < -0.4 is 5.90 Å². The Kier molecular flexibility index (Phi) is 3.78. The predicted octanol–water partition coefficient (Wildman–Crippen LogP) is 3.16. The average molecular weight is 234 g/mol. The molecule has 0 aliphatic carbocycles. The average Bonchev–Trinajstić information content (AvgIpc) is 2.02. The second kappa shape index (κ2) is 4.49. The number of nitrogens with two attached hydrogens (primary N) is 1. The van der Waals surface area contributed by atoms with Gasteiger partial charge in [0.15, 0.2) is 0 Å². The van der Waals surface area contributed by atoms with Crippen LogP contribution in [0.3, 0.4) is 0 Å². The zero-order valence-electron chi connectivity index (χ0n) is 8.18. The van der Waals surface area contributed by atoms with E-state index >= 15 is 0 Å². The Labute approximate surface area is 93.9 Å². The summed E-state index contributed by atoms with van der Waals surface area (Å²) in [7, 11) is 0. The van der Waals surface area contributed by atoms with Crippen LogP contribution in [0, 0.1) is 0 Å². The fourth-order valence-electron chi connectivity index (χ4n) is 1.24. The normalized spacial score (nSPS) is 11.8. The van der Waals surface area contributed by atoms with Gasteiger partial charge in [-0.15, -0.1) is 0 Å². The Balaban J connectivity index is 3.05. The van der Waals surface area contributed by atoms with Gasteiger partial charge in [0.2, 0.25) is 0 Å². The van der Waals surface area contributed by atoms with E-state index in [1.54, 1.807) is 6.07 Å². The molecule has 0 aromatic heterocycles. The Morgan fingerprint density at radius 1 is 1.21 bits per heavy atom. The molecule has 78 valence electrons. The molecule has 14 heavy (non-hydrogen) atoms. The molecule has 0 spiro atoms. The fraction of sp³-hybridized carbons (Fsp3) is 0.400. The molecule has 2 nitrogen and oxygen atoms in total. The van der Waals surface area contributed by atoms with Crippen LogP contribution in [0.15, 0.2) is 18.2 Å². The number of benzene rings is 1. The first-order chi connectivity index (χ1) is 6.45. The topological polar surface area (TPSA) is 35.2 Å². The highest BCUT2D eigenvalue weighted by molar-refractivity contribution is 6.34. The van der Waals surface area contributed by atoms with E-state index in [1.165, 1.54) is 0 Å². The summed E-state index contributed by atoms with van der Waals surface area (Å²) in [5.41, 5.74) is 0.823. The van der Waals surface area contributed by atoms with Gasteiger partial charge in [0, 0.05) is 15.5 Å². The molecular formula is C10H13Cl2NO. The summed E-state index contributed by atoms with van der Waals surface area (Å²) < 4.78 is 0. The van der Waals surface area contributed by atoms with Crippen LogP contribution in [0.25, 0.3) is 0 Å². The summed E-state index contributed by atoms with van der Waals surface area (Å²) in [5, 5.41) is 1.25. The minimum absolute atomic E-state index is 0.191. The molecular weight excluding hydrogens is 221 g/mol. The Bertz CT molecular complexity index is 306. The molecule has 1 aromatic carbocycles. The van der Waals surface area contributed by atoms with Crippen molar-refractivity contribution in [2.75, 3.05) is 6.61 Å². The summed E-state index contributed by atoms with van der Waals surface area (Å²) in [6.45, 7) is 4.45. The lowest BCUT2D eigenvalue weighted by atomic mass is 9.86. The van der Waals surface area contributed by atoms with Gasteiger partial charge in [-0.3, -0.25) is 0 Å². The van der Waals surface area contributed by atoms with E-state index in [1.807, 2.05) is 26.0 Å². The summed E-state index contributed by atoms with van der Waals surface area (Å²) in [4.78, 5) is 4.65. The Morgan fingerprint density at radius 3 is 2.14 bits per heavy atom. The highest BCUT2D eigenvalue weighted by Crippen LogP contribution is 2.28. The zero-order valence-corrected chi connectivity index (χ0v) is 9.69. The smallest absolute Gasteiger partial charge is 0.0770 e. The predicted molar refractivity (Wildman–Crippen MR) is 59.6 cm³/mol. The molecule has 0 aliphatic rings. The van der Waals surface area contributed by atoms with E-state index in [4.69, 9.17) is 29.1 Å². The first kappa shape index (κ1) is 11.8. The molecule has 1 rings (SSSR count). The van der Waals surface area contributed by atoms with Gasteiger partial charge in [0.25, 0.3) is 0 Å². The molecule has 0 amide bonds. The van der Waals surface area contributed by atoms with Crippen molar-refractivity contribution in [1.82, 2.24) is 0 Å².